The van der Waals surface area contributed by atoms with E-state index in [0.29, 0.717) is 11.3 Å². The van der Waals surface area contributed by atoms with Crippen molar-refractivity contribution < 1.29 is 9.53 Å². The van der Waals surface area contributed by atoms with Crippen molar-refractivity contribution in [1.29, 1.82) is 0 Å². The zero-order valence-corrected chi connectivity index (χ0v) is 14.0. The number of nitrogens with one attached hydrogen (secondary N) is 2. The number of para-hydroxylation sites is 1. The number of aromatic amines is 1. The fourth-order valence-corrected chi connectivity index (χ4v) is 3.12. The first kappa shape index (κ1) is 15.3. The lowest BCUT2D eigenvalue weighted by molar-refractivity contribution is 0.0974. The minimum Gasteiger partial charge on any atom is -0.497 e. The highest BCUT2D eigenvalue weighted by molar-refractivity contribution is 6.12. The topological polar surface area (TPSA) is 70.2 Å². The maximum Gasteiger partial charge on any atom is 0.262 e. The van der Waals surface area contributed by atoms with Gasteiger partial charge in [0.1, 0.15) is 11.4 Å². The average Bonchev–Trinajstić information content (AvgIpc) is 3.07. The van der Waals surface area contributed by atoms with Gasteiger partial charge in [-0.05, 0) is 31.2 Å². The number of fused-ring (bicyclic) bond motifs is 1. The minimum absolute atomic E-state index is 0.0741. The molecule has 1 aromatic heterocycles. The number of anilines is 2. The van der Waals surface area contributed by atoms with Gasteiger partial charge in [-0.15, -0.1) is 0 Å². The van der Waals surface area contributed by atoms with Crippen LogP contribution in [0.5, 0.6) is 5.75 Å². The highest BCUT2D eigenvalue weighted by atomic mass is 16.5. The third-order valence-electron chi connectivity index (χ3n) is 4.39. The largest absolute Gasteiger partial charge is 0.497 e. The maximum absolute atomic E-state index is 13.2. The number of rotatable bonds is 3. The predicted octanol–water partition coefficient (Wildman–Crippen LogP) is 3.50. The zero-order chi connectivity index (χ0) is 17.4. The molecule has 25 heavy (non-hydrogen) atoms. The predicted molar refractivity (Wildman–Crippen MR) is 95.9 cm³/mol. The number of aromatic nitrogens is 2. The lowest BCUT2D eigenvalue weighted by Gasteiger charge is -2.37. The summed E-state index contributed by atoms with van der Waals surface area (Å²) in [5.74, 6) is 0.622. The summed E-state index contributed by atoms with van der Waals surface area (Å²) in [5.41, 5.74) is 3.89. The number of carbonyl (C=O) groups is 1. The molecular weight excluding hydrogens is 316 g/mol. The van der Waals surface area contributed by atoms with E-state index in [2.05, 4.69) is 15.3 Å². The molecule has 4 rings (SSSR count). The fraction of sp³-hybridized carbons (Fsp3) is 0.158. The summed E-state index contributed by atoms with van der Waals surface area (Å²) in [5, 5.41) is 3.44. The van der Waals surface area contributed by atoms with Crippen LogP contribution in [0.3, 0.4) is 0 Å². The molecule has 6 nitrogen and oxygen atoms in total. The second-order valence-electron chi connectivity index (χ2n) is 5.88. The Morgan fingerprint density at radius 1 is 1.16 bits per heavy atom. The van der Waals surface area contributed by atoms with Gasteiger partial charge in [0, 0.05) is 17.4 Å². The molecule has 0 spiro atoms. The van der Waals surface area contributed by atoms with Crippen molar-refractivity contribution in [2.24, 2.45) is 0 Å². The lowest BCUT2D eigenvalue weighted by Crippen LogP contribution is -2.43. The Kier molecular flexibility index (Phi) is 3.65. The van der Waals surface area contributed by atoms with Gasteiger partial charge in [0.25, 0.3) is 5.91 Å². The summed E-state index contributed by atoms with van der Waals surface area (Å²) in [6.45, 7) is 1.94. The molecule has 1 amide bonds. The van der Waals surface area contributed by atoms with Gasteiger partial charge >= 0.3 is 0 Å². The van der Waals surface area contributed by atoms with E-state index >= 15 is 0 Å². The Labute approximate surface area is 145 Å². The molecule has 2 aromatic carbocycles. The van der Waals surface area contributed by atoms with Crippen molar-refractivity contribution in [1.82, 2.24) is 9.97 Å². The number of ether oxygens (including phenoxy) is 1. The Bertz CT molecular complexity index is 934. The van der Waals surface area contributed by atoms with Gasteiger partial charge in [-0.2, -0.15) is 0 Å². The number of aryl methyl sites for hydroxylation is 1. The van der Waals surface area contributed by atoms with E-state index < -0.39 is 6.17 Å². The Balaban J connectivity index is 1.88. The van der Waals surface area contributed by atoms with Gasteiger partial charge in [-0.25, -0.2) is 4.98 Å². The van der Waals surface area contributed by atoms with Gasteiger partial charge in [0.2, 0.25) is 0 Å². The molecule has 0 radical (unpaired) electrons. The van der Waals surface area contributed by atoms with Gasteiger partial charge in [-0.3, -0.25) is 9.69 Å². The van der Waals surface area contributed by atoms with E-state index in [1.54, 1.807) is 18.3 Å². The van der Waals surface area contributed by atoms with Crippen molar-refractivity contribution in [2.75, 3.05) is 17.3 Å². The quantitative estimate of drug-likeness (QED) is 0.769. The van der Waals surface area contributed by atoms with Gasteiger partial charge < -0.3 is 15.0 Å². The summed E-state index contributed by atoms with van der Waals surface area (Å²) in [6.07, 6.45) is 1.24. The number of methoxy groups -OCH3 is 1. The number of benzene rings is 2. The maximum atomic E-state index is 13.2. The molecular formula is C19H18N4O2. The van der Waals surface area contributed by atoms with Crippen LogP contribution in [0.15, 0.2) is 54.9 Å². The number of carbonyl (C=O) groups excluding carboxylic acids is 1. The monoisotopic (exact) mass is 334 g/mol. The number of hydrogen-bond donors (Lipinski definition) is 2. The standard InChI is InChI=1S/C19H18N4O2/c1-12-17(21-11-20-12)18-22-16-9-4-3-8-15(16)19(24)23(18)13-6-5-7-14(10-13)25-2/h3-11,18,22H,1-2H3,(H,20,21)/t18-/m0/s1. The molecule has 3 aromatic rings. The third kappa shape index (κ3) is 2.52. The average molecular weight is 334 g/mol. The normalized spacial score (nSPS) is 16.3. The number of nitrogens with zero attached hydrogens (tertiary/aromatic N) is 2. The van der Waals surface area contributed by atoms with E-state index in [-0.39, 0.29) is 5.91 Å². The van der Waals surface area contributed by atoms with E-state index in [1.165, 1.54) is 0 Å². The highest BCUT2D eigenvalue weighted by Crippen LogP contribution is 2.37. The molecule has 126 valence electrons. The Hall–Kier alpha value is -3.28. The van der Waals surface area contributed by atoms with Gasteiger partial charge in [-0.1, -0.05) is 18.2 Å². The fourth-order valence-electron chi connectivity index (χ4n) is 3.12. The van der Waals surface area contributed by atoms with Crippen LogP contribution in [0.4, 0.5) is 11.4 Å². The summed E-state index contributed by atoms with van der Waals surface area (Å²) in [7, 11) is 1.61. The van der Waals surface area contributed by atoms with Crippen LogP contribution >= 0.6 is 0 Å². The molecule has 0 unspecified atom stereocenters. The first-order valence-electron chi connectivity index (χ1n) is 8.02. The number of amides is 1. The lowest BCUT2D eigenvalue weighted by atomic mass is 10.0. The van der Waals surface area contributed by atoms with E-state index in [1.807, 2.05) is 55.5 Å². The van der Waals surface area contributed by atoms with E-state index in [4.69, 9.17) is 4.74 Å². The van der Waals surface area contributed by atoms with Crippen LogP contribution in [0, 0.1) is 6.92 Å². The molecule has 2 N–H and O–H groups in total. The molecule has 0 saturated carbocycles. The minimum atomic E-state index is -0.402. The van der Waals surface area contributed by atoms with Crippen LogP contribution in [0.2, 0.25) is 0 Å². The van der Waals surface area contributed by atoms with Crippen LogP contribution in [0.25, 0.3) is 0 Å². The SMILES string of the molecule is COc1cccc(N2C(=O)c3ccccc3N[C@@H]2c2nc[nH]c2C)c1. The summed E-state index contributed by atoms with van der Waals surface area (Å²) < 4.78 is 5.32. The number of H-pyrrole nitrogens is 1. The van der Waals surface area contributed by atoms with Crippen molar-refractivity contribution >= 4 is 17.3 Å². The molecule has 0 aliphatic carbocycles. The van der Waals surface area contributed by atoms with Crippen LogP contribution in [-0.2, 0) is 0 Å². The number of imidazole rings is 1. The Morgan fingerprint density at radius 2 is 2.00 bits per heavy atom. The van der Waals surface area contributed by atoms with Crippen LogP contribution < -0.4 is 15.0 Å². The molecule has 1 atom stereocenters. The molecule has 6 heteroatoms. The van der Waals surface area contributed by atoms with Crippen molar-refractivity contribution in [2.45, 2.75) is 13.1 Å². The van der Waals surface area contributed by atoms with Crippen LogP contribution in [-0.4, -0.2) is 23.0 Å². The zero-order valence-electron chi connectivity index (χ0n) is 14.0. The highest BCUT2D eigenvalue weighted by Gasteiger charge is 2.35. The summed E-state index contributed by atoms with van der Waals surface area (Å²) >= 11 is 0. The molecule has 0 fully saturated rings. The first-order valence-corrected chi connectivity index (χ1v) is 8.02. The molecule has 2 heterocycles. The second kappa shape index (κ2) is 5.98. The summed E-state index contributed by atoms with van der Waals surface area (Å²) in [4.78, 5) is 22.5. The van der Waals surface area contributed by atoms with Crippen LogP contribution in [0.1, 0.15) is 27.9 Å². The van der Waals surface area contributed by atoms with Crippen molar-refractivity contribution in [3.63, 3.8) is 0 Å². The Morgan fingerprint density at radius 3 is 2.76 bits per heavy atom. The first-order chi connectivity index (χ1) is 12.2. The van der Waals surface area contributed by atoms with E-state index in [0.717, 1.165) is 22.8 Å². The van der Waals surface area contributed by atoms with Gasteiger partial charge in [0.15, 0.2) is 6.17 Å². The second-order valence-corrected chi connectivity index (χ2v) is 5.88. The smallest absolute Gasteiger partial charge is 0.262 e. The van der Waals surface area contributed by atoms with Crippen molar-refractivity contribution in [3.8, 4) is 5.75 Å². The van der Waals surface area contributed by atoms with Crippen molar-refractivity contribution in [3.05, 3.63) is 71.8 Å². The van der Waals surface area contributed by atoms with E-state index in [9.17, 15) is 4.79 Å². The molecule has 0 saturated heterocycles. The van der Waals surface area contributed by atoms with Gasteiger partial charge in [0.05, 0.1) is 24.7 Å². The molecule has 1 aliphatic heterocycles. The summed E-state index contributed by atoms with van der Waals surface area (Å²) in [6, 6.07) is 15.0. The third-order valence-corrected chi connectivity index (χ3v) is 4.39. The molecule has 0 bridgehead atoms. The number of hydrogen-bond acceptors (Lipinski definition) is 4. The molecule has 1 aliphatic rings.